The zero-order chi connectivity index (χ0) is 14.8. The molecular weight excluding hydrogens is 274 g/mol. The maximum atomic E-state index is 11.8. The third kappa shape index (κ3) is 2.59. The van der Waals surface area contributed by atoms with Crippen molar-refractivity contribution in [2.24, 2.45) is 7.05 Å². The Morgan fingerprint density at radius 1 is 1.20 bits per heavy atom. The monoisotopic (exact) mass is 289 g/mol. The SMILES string of the molecule is CCNS(=O)(=O)c1ccc(-c2ccc(C#N)n2C)cc1. The van der Waals surface area contributed by atoms with Crippen molar-refractivity contribution < 1.29 is 8.42 Å². The van der Waals surface area contributed by atoms with E-state index in [9.17, 15) is 8.42 Å². The summed E-state index contributed by atoms with van der Waals surface area (Å²) in [6.45, 7) is 2.09. The van der Waals surface area contributed by atoms with Crippen LogP contribution in [0.2, 0.25) is 0 Å². The molecule has 1 heterocycles. The highest BCUT2D eigenvalue weighted by Crippen LogP contribution is 2.23. The van der Waals surface area contributed by atoms with Crippen molar-refractivity contribution in [2.45, 2.75) is 11.8 Å². The first kappa shape index (κ1) is 14.3. The van der Waals surface area contributed by atoms with Gasteiger partial charge in [0.2, 0.25) is 10.0 Å². The number of rotatable bonds is 4. The molecular formula is C14H15N3O2S. The minimum absolute atomic E-state index is 0.234. The van der Waals surface area contributed by atoms with Gasteiger partial charge in [0.05, 0.1) is 4.90 Å². The number of benzene rings is 1. The minimum Gasteiger partial charge on any atom is -0.335 e. The van der Waals surface area contributed by atoms with Crippen LogP contribution in [-0.4, -0.2) is 19.5 Å². The van der Waals surface area contributed by atoms with Crippen LogP contribution in [0.25, 0.3) is 11.3 Å². The quantitative estimate of drug-likeness (QED) is 0.933. The molecule has 0 fully saturated rings. The maximum absolute atomic E-state index is 11.8. The first-order chi connectivity index (χ1) is 9.49. The lowest BCUT2D eigenvalue weighted by Crippen LogP contribution is -2.22. The standard InChI is InChI=1S/C14H15N3O2S/c1-3-16-20(18,19)13-7-4-11(5-8-13)14-9-6-12(10-15)17(14)2/h4-9,16H,3H2,1-2H3. The highest BCUT2D eigenvalue weighted by Gasteiger charge is 2.13. The number of nitrogens with zero attached hydrogens (tertiary/aromatic N) is 2. The molecule has 5 nitrogen and oxygen atoms in total. The van der Waals surface area contributed by atoms with Crippen molar-refractivity contribution in [3.63, 3.8) is 0 Å². The van der Waals surface area contributed by atoms with E-state index in [4.69, 9.17) is 5.26 Å². The zero-order valence-electron chi connectivity index (χ0n) is 11.3. The second-order valence-electron chi connectivity index (χ2n) is 4.30. The van der Waals surface area contributed by atoms with E-state index >= 15 is 0 Å². The van der Waals surface area contributed by atoms with Crippen molar-refractivity contribution in [3.05, 3.63) is 42.1 Å². The first-order valence-electron chi connectivity index (χ1n) is 6.15. The van der Waals surface area contributed by atoms with E-state index in [0.29, 0.717) is 12.2 Å². The molecule has 0 bridgehead atoms. The van der Waals surface area contributed by atoms with E-state index in [1.54, 1.807) is 48.9 Å². The molecule has 6 heteroatoms. The van der Waals surface area contributed by atoms with Gasteiger partial charge in [0.25, 0.3) is 0 Å². The molecule has 2 aromatic rings. The molecule has 1 aromatic carbocycles. The number of hydrogen-bond acceptors (Lipinski definition) is 3. The Morgan fingerprint density at radius 2 is 1.85 bits per heavy atom. The van der Waals surface area contributed by atoms with Crippen LogP contribution in [0.15, 0.2) is 41.3 Å². The van der Waals surface area contributed by atoms with Gasteiger partial charge in [-0.1, -0.05) is 19.1 Å². The van der Waals surface area contributed by atoms with Gasteiger partial charge in [0.1, 0.15) is 11.8 Å². The second kappa shape index (κ2) is 5.49. The van der Waals surface area contributed by atoms with Crippen molar-refractivity contribution in [2.75, 3.05) is 6.54 Å². The first-order valence-corrected chi connectivity index (χ1v) is 7.64. The van der Waals surface area contributed by atoms with Gasteiger partial charge in [0.15, 0.2) is 0 Å². The fourth-order valence-corrected chi connectivity index (χ4v) is 3.03. The van der Waals surface area contributed by atoms with Crippen molar-refractivity contribution in [3.8, 4) is 17.3 Å². The van der Waals surface area contributed by atoms with E-state index in [0.717, 1.165) is 11.3 Å². The van der Waals surface area contributed by atoms with Gasteiger partial charge >= 0.3 is 0 Å². The summed E-state index contributed by atoms with van der Waals surface area (Å²) in [4.78, 5) is 0.234. The molecule has 0 radical (unpaired) electrons. The van der Waals surface area contributed by atoms with E-state index < -0.39 is 10.0 Å². The summed E-state index contributed by atoms with van der Waals surface area (Å²) >= 11 is 0. The molecule has 0 saturated carbocycles. The molecule has 1 N–H and O–H groups in total. The fourth-order valence-electron chi connectivity index (χ4n) is 1.99. The predicted molar refractivity (Wildman–Crippen MR) is 76.4 cm³/mol. The highest BCUT2D eigenvalue weighted by atomic mass is 32.2. The molecule has 0 aliphatic carbocycles. The molecule has 2 rings (SSSR count). The normalized spacial score (nSPS) is 11.2. The molecule has 0 amide bonds. The lowest BCUT2D eigenvalue weighted by molar-refractivity contribution is 0.584. The summed E-state index contributed by atoms with van der Waals surface area (Å²) in [6.07, 6.45) is 0. The Bertz CT molecular complexity index is 753. The molecule has 0 aliphatic heterocycles. The number of nitriles is 1. The summed E-state index contributed by atoms with van der Waals surface area (Å²) in [5, 5.41) is 8.93. The van der Waals surface area contributed by atoms with Gasteiger partial charge in [-0.05, 0) is 29.8 Å². The van der Waals surface area contributed by atoms with Gasteiger partial charge in [-0.15, -0.1) is 0 Å². The van der Waals surface area contributed by atoms with Gasteiger partial charge in [-0.3, -0.25) is 0 Å². The van der Waals surface area contributed by atoms with E-state index in [2.05, 4.69) is 10.8 Å². The van der Waals surface area contributed by atoms with Gasteiger partial charge in [-0.25, -0.2) is 13.1 Å². The fraction of sp³-hybridized carbons (Fsp3) is 0.214. The van der Waals surface area contributed by atoms with Crippen LogP contribution in [0.4, 0.5) is 0 Å². The van der Waals surface area contributed by atoms with Crippen molar-refractivity contribution in [1.29, 1.82) is 5.26 Å². The van der Waals surface area contributed by atoms with Crippen LogP contribution >= 0.6 is 0 Å². The summed E-state index contributed by atoms with van der Waals surface area (Å²) in [5.74, 6) is 0. The highest BCUT2D eigenvalue weighted by molar-refractivity contribution is 7.89. The molecule has 1 aromatic heterocycles. The molecule has 0 unspecified atom stereocenters. The third-order valence-corrected chi connectivity index (χ3v) is 4.59. The van der Waals surface area contributed by atoms with Crippen LogP contribution in [0.1, 0.15) is 12.6 Å². The number of aromatic nitrogens is 1. The molecule has 0 spiro atoms. The van der Waals surface area contributed by atoms with E-state index in [1.807, 2.05) is 6.07 Å². The molecule has 0 atom stereocenters. The summed E-state index contributed by atoms with van der Waals surface area (Å²) in [7, 11) is -1.63. The van der Waals surface area contributed by atoms with Crippen LogP contribution in [0.3, 0.4) is 0 Å². The molecule has 20 heavy (non-hydrogen) atoms. The Balaban J connectivity index is 2.38. The Morgan fingerprint density at radius 3 is 2.35 bits per heavy atom. The smallest absolute Gasteiger partial charge is 0.240 e. The van der Waals surface area contributed by atoms with Crippen LogP contribution in [0.5, 0.6) is 0 Å². The van der Waals surface area contributed by atoms with E-state index in [1.165, 1.54) is 0 Å². The number of sulfonamides is 1. The molecule has 0 aliphatic rings. The van der Waals surface area contributed by atoms with E-state index in [-0.39, 0.29) is 4.90 Å². The number of hydrogen-bond donors (Lipinski definition) is 1. The minimum atomic E-state index is -3.43. The third-order valence-electron chi connectivity index (χ3n) is 3.03. The van der Waals surface area contributed by atoms with Crippen molar-refractivity contribution >= 4 is 10.0 Å². The molecule has 104 valence electrons. The second-order valence-corrected chi connectivity index (χ2v) is 6.07. The Hall–Kier alpha value is -2.10. The van der Waals surface area contributed by atoms with Gasteiger partial charge < -0.3 is 4.57 Å². The Labute approximate surface area is 118 Å². The average molecular weight is 289 g/mol. The largest absolute Gasteiger partial charge is 0.335 e. The number of nitrogens with one attached hydrogen (secondary N) is 1. The van der Waals surface area contributed by atoms with Gasteiger partial charge in [-0.2, -0.15) is 5.26 Å². The lowest BCUT2D eigenvalue weighted by atomic mass is 10.1. The van der Waals surface area contributed by atoms with Crippen LogP contribution in [-0.2, 0) is 17.1 Å². The summed E-state index contributed by atoms with van der Waals surface area (Å²) in [5.41, 5.74) is 2.29. The molecule has 0 saturated heterocycles. The lowest BCUT2D eigenvalue weighted by Gasteiger charge is -2.07. The van der Waals surface area contributed by atoms with Crippen LogP contribution in [0, 0.1) is 11.3 Å². The maximum Gasteiger partial charge on any atom is 0.240 e. The Kier molecular flexibility index (Phi) is 3.93. The zero-order valence-corrected chi connectivity index (χ0v) is 12.1. The summed E-state index contributed by atoms with van der Waals surface area (Å²) < 4.78 is 27.9. The average Bonchev–Trinajstić information content (AvgIpc) is 2.80. The van der Waals surface area contributed by atoms with Crippen LogP contribution < -0.4 is 4.72 Å². The topological polar surface area (TPSA) is 74.9 Å². The van der Waals surface area contributed by atoms with Gasteiger partial charge in [0, 0.05) is 19.3 Å². The summed E-state index contributed by atoms with van der Waals surface area (Å²) in [6, 6.07) is 12.3. The van der Waals surface area contributed by atoms with Crippen molar-refractivity contribution in [1.82, 2.24) is 9.29 Å². The predicted octanol–water partition coefficient (Wildman–Crippen LogP) is 1.86.